The molecule has 1 aliphatic heterocycles. The average Bonchev–Trinajstić information content (AvgIpc) is 3.49. The fourth-order valence-electron chi connectivity index (χ4n) is 5.58. The predicted octanol–water partition coefficient (Wildman–Crippen LogP) is 5.02. The van der Waals surface area contributed by atoms with Crippen molar-refractivity contribution in [2.75, 3.05) is 13.1 Å². The summed E-state index contributed by atoms with van der Waals surface area (Å²) in [6, 6.07) is 8.44. The van der Waals surface area contributed by atoms with Crippen LogP contribution in [0.5, 0.6) is 0 Å². The number of alkyl halides is 3. The van der Waals surface area contributed by atoms with Crippen molar-refractivity contribution in [1.82, 2.24) is 29.8 Å². The van der Waals surface area contributed by atoms with Crippen molar-refractivity contribution in [2.24, 2.45) is 0 Å². The van der Waals surface area contributed by atoms with Gasteiger partial charge in [0, 0.05) is 35.8 Å². The molecule has 210 valence electrons. The van der Waals surface area contributed by atoms with E-state index >= 15 is 0 Å². The summed E-state index contributed by atoms with van der Waals surface area (Å²) in [5.41, 5.74) is 2.65. The lowest BCUT2D eigenvalue weighted by atomic mass is 9.97. The predicted molar refractivity (Wildman–Crippen MR) is 144 cm³/mol. The van der Waals surface area contributed by atoms with Crippen LogP contribution in [0.4, 0.5) is 13.2 Å². The van der Waals surface area contributed by atoms with Crippen LogP contribution < -0.4 is 5.32 Å². The molecule has 0 spiro atoms. The molecule has 4 aromatic rings. The lowest BCUT2D eigenvalue weighted by molar-refractivity contribution is -0.184. The Balaban J connectivity index is 1.45. The molecule has 8 nitrogen and oxygen atoms in total. The number of aliphatic hydroxyl groups excluding tert-OH is 1. The van der Waals surface area contributed by atoms with Crippen molar-refractivity contribution in [1.29, 1.82) is 0 Å². The highest BCUT2D eigenvalue weighted by atomic mass is 19.4. The van der Waals surface area contributed by atoms with Crippen molar-refractivity contribution in [3.8, 4) is 11.5 Å². The summed E-state index contributed by atoms with van der Waals surface area (Å²) >= 11 is 0. The summed E-state index contributed by atoms with van der Waals surface area (Å²) in [4.78, 5) is 19.4. The van der Waals surface area contributed by atoms with E-state index in [9.17, 15) is 23.1 Å². The number of aliphatic hydroxyl groups is 1. The van der Waals surface area contributed by atoms with E-state index in [1.165, 1.54) is 27.6 Å². The second-order valence-electron chi connectivity index (χ2n) is 11.9. The van der Waals surface area contributed by atoms with E-state index in [0.717, 1.165) is 23.8 Å². The first-order valence-corrected chi connectivity index (χ1v) is 13.5. The van der Waals surface area contributed by atoms with Crippen molar-refractivity contribution in [2.45, 2.75) is 69.8 Å². The minimum atomic E-state index is -4.53. The number of rotatable bonds is 5. The normalized spacial score (nSPS) is 19.4. The van der Waals surface area contributed by atoms with E-state index in [1.807, 2.05) is 39.0 Å². The number of carbonyl (C=O) groups excluding carboxylic acids is 1. The first kappa shape index (κ1) is 26.6. The lowest BCUT2D eigenvalue weighted by Gasteiger charge is -2.29. The van der Waals surface area contributed by atoms with Crippen LogP contribution in [0.25, 0.3) is 28.1 Å². The monoisotopic (exact) mass is 552 g/mol. The van der Waals surface area contributed by atoms with Gasteiger partial charge in [-0.2, -0.15) is 13.2 Å². The quantitative estimate of drug-likeness (QED) is 0.361. The third kappa shape index (κ3) is 5.03. The molecule has 2 aliphatic rings. The molecule has 3 aromatic heterocycles. The van der Waals surface area contributed by atoms with Crippen LogP contribution in [0.3, 0.4) is 0 Å². The second kappa shape index (κ2) is 9.52. The van der Waals surface area contributed by atoms with Gasteiger partial charge >= 0.3 is 6.18 Å². The molecule has 11 heteroatoms. The lowest BCUT2D eigenvalue weighted by Crippen LogP contribution is -2.41. The van der Waals surface area contributed by atoms with Gasteiger partial charge in [-0.3, -0.25) is 14.1 Å². The summed E-state index contributed by atoms with van der Waals surface area (Å²) in [6.45, 7) is 5.90. The number of nitrogens with zero attached hydrogens (tertiary/aromatic N) is 5. The van der Waals surface area contributed by atoms with Crippen LogP contribution in [0, 0.1) is 0 Å². The number of pyridine rings is 2. The van der Waals surface area contributed by atoms with Gasteiger partial charge < -0.3 is 10.4 Å². The highest BCUT2D eigenvalue weighted by Crippen LogP contribution is 2.45. The van der Waals surface area contributed by atoms with Crippen LogP contribution in [0.2, 0.25) is 0 Å². The summed E-state index contributed by atoms with van der Waals surface area (Å²) in [5, 5.41) is 22.3. The molecular formula is C29H31F3N6O2. The molecule has 6 rings (SSSR count). The number of hydrogen-bond acceptors (Lipinski definition) is 6. The molecule has 1 aliphatic carbocycles. The van der Waals surface area contributed by atoms with Gasteiger partial charge in [0.2, 0.25) is 0 Å². The Hall–Kier alpha value is -3.57. The van der Waals surface area contributed by atoms with E-state index < -0.39 is 23.9 Å². The molecule has 0 bridgehead atoms. The number of amides is 1. The maximum atomic E-state index is 14.2. The molecule has 1 aromatic carbocycles. The van der Waals surface area contributed by atoms with Gasteiger partial charge in [-0.15, -0.1) is 10.2 Å². The Morgan fingerprint density at radius 3 is 2.45 bits per heavy atom. The Morgan fingerprint density at radius 1 is 1.05 bits per heavy atom. The summed E-state index contributed by atoms with van der Waals surface area (Å²) in [5.74, 6) is 0.371. The van der Waals surface area contributed by atoms with E-state index in [0.29, 0.717) is 34.7 Å². The molecule has 2 atom stereocenters. The Morgan fingerprint density at radius 2 is 1.80 bits per heavy atom. The number of halogens is 3. The standard InChI is InChI=1S/C29H31F3N6O2/c1-28(2,3)34-27(40)20-9-6-17-7-10-21(33-24(17)23(20)16-4-5-16)26-36-35-22-11-8-18(14-38(22)26)25(29(30,31)32)37-13-12-19(39)15-37/h6-11,14,16,19,25,39H,4-5,12-13,15H2,1-3H3,(H,34,40)/t19-,25+/m0/s1. The zero-order valence-corrected chi connectivity index (χ0v) is 22.5. The number of likely N-dealkylation sites (tertiary alicyclic amines) is 1. The Labute approximate surface area is 229 Å². The third-order valence-corrected chi connectivity index (χ3v) is 7.46. The van der Waals surface area contributed by atoms with Crippen molar-refractivity contribution in [3.63, 3.8) is 0 Å². The summed E-state index contributed by atoms with van der Waals surface area (Å²) in [6.07, 6.45) is -1.68. The number of benzene rings is 1. The fraction of sp³-hybridized carbons (Fsp3) is 0.448. The number of β-amino-alcohol motifs (C(OH)–C–C–N with tert-alkyl or cyclic N) is 1. The Kier molecular flexibility index (Phi) is 6.34. The molecule has 0 unspecified atom stereocenters. The van der Waals surface area contributed by atoms with Gasteiger partial charge in [0.05, 0.1) is 11.6 Å². The van der Waals surface area contributed by atoms with E-state index in [2.05, 4.69) is 15.5 Å². The van der Waals surface area contributed by atoms with Gasteiger partial charge in [-0.05, 0) is 75.3 Å². The second-order valence-corrected chi connectivity index (χ2v) is 11.9. The molecule has 40 heavy (non-hydrogen) atoms. The van der Waals surface area contributed by atoms with Gasteiger partial charge in [0.15, 0.2) is 11.5 Å². The number of hydrogen-bond donors (Lipinski definition) is 2. The Bertz CT molecular complexity index is 1610. The van der Waals surface area contributed by atoms with Gasteiger partial charge in [-0.1, -0.05) is 18.2 Å². The van der Waals surface area contributed by atoms with Crippen molar-refractivity contribution in [3.05, 3.63) is 59.3 Å². The number of aromatic nitrogens is 4. The first-order chi connectivity index (χ1) is 18.9. The molecule has 4 heterocycles. The number of carbonyl (C=O) groups is 1. The molecule has 1 amide bonds. The van der Waals surface area contributed by atoms with E-state index in [-0.39, 0.29) is 30.5 Å². The van der Waals surface area contributed by atoms with E-state index in [4.69, 9.17) is 4.98 Å². The van der Waals surface area contributed by atoms with Crippen molar-refractivity contribution >= 4 is 22.5 Å². The smallest absolute Gasteiger partial charge is 0.392 e. The number of nitrogens with one attached hydrogen (secondary N) is 1. The van der Waals surface area contributed by atoms with Gasteiger partial charge in [0.25, 0.3) is 5.91 Å². The molecule has 0 radical (unpaired) electrons. The van der Waals surface area contributed by atoms with Crippen LogP contribution in [0.15, 0.2) is 42.6 Å². The maximum absolute atomic E-state index is 14.2. The SMILES string of the molecule is CC(C)(C)NC(=O)c1ccc2ccc(-c3nnc4ccc([C@@H](N5CC[C@H](O)C5)C(F)(F)F)cn34)nc2c1C1CC1. The largest absolute Gasteiger partial charge is 0.408 e. The molecule has 1 saturated heterocycles. The summed E-state index contributed by atoms with van der Waals surface area (Å²) < 4.78 is 44.2. The molecule has 2 fully saturated rings. The van der Waals surface area contributed by atoms with Crippen LogP contribution >= 0.6 is 0 Å². The maximum Gasteiger partial charge on any atom is 0.408 e. The highest BCUT2D eigenvalue weighted by molar-refractivity contribution is 6.01. The first-order valence-electron chi connectivity index (χ1n) is 13.5. The highest BCUT2D eigenvalue weighted by Gasteiger charge is 2.46. The zero-order valence-electron chi connectivity index (χ0n) is 22.5. The van der Waals surface area contributed by atoms with Gasteiger partial charge in [0.1, 0.15) is 11.7 Å². The summed E-state index contributed by atoms with van der Waals surface area (Å²) in [7, 11) is 0. The van der Waals surface area contributed by atoms with E-state index in [1.54, 1.807) is 6.07 Å². The topological polar surface area (TPSA) is 95.7 Å². The average molecular weight is 553 g/mol. The minimum Gasteiger partial charge on any atom is -0.392 e. The van der Waals surface area contributed by atoms with Crippen molar-refractivity contribution < 1.29 is 23.1 Å². The minimum absolute atomic E-state index is 0.0377. The molecular weight excluding hydrogens is 521 g/mol. The molecule has 2 N–H and O–H groups in total. The van der Waals surface area contributed by atoms with Crippen LogP contribution in [0.1, 0.15) is 73.5 Å². The molecule has 1 saturated carbocycles. The fourth-order valence-corrected chi connectivity index (χ4v) is 5.58. The third-order valence-electron chi connectivity index (χ3n) is 7.46. The number of fused-ring (bicyclic) bond motifs is 2. The van der Waals surface area contributed by atoms with Crippen LogP contribution in [-0.4, -0.2) is 66.4 Å². The van der Waals surface area contributed by atoms with Crippen LogP contribution in [-0.2, 0) is 0 Å². The van der Waals surface area contributed by atoms with Gasteiger partial charge in [-0.25, -0.2) is 4.98 Å². The zero-order chi connectivity index (χ0) is 28.4.